The molecule has 1 amide bonds. The van der Waals surface area contributed by atoms with Crippen molar-refractivity contribution in [3.05, 3.63) is 24.3 Å². The molecular weight excluding hydrogens is 751 g/mol. The minimum atomic E-state index is -1.66. The molecule has 59 heavy (non-hydrogen) atoms. The lowest BCUT2D eigenvalue weighted by atomic mass is 9.98. The number of amides is 1. The highest BCUT2D eigenvalue weighted by Gasteiger charge is 2.44. The largest absolute Gasteiger partial charge is 0.394 e. The van der Waals surface area contributed by atoms with Crippen LogP contribution in [0.2, 0.25) is 0 Å². The number of allylic oxidation sites excluding steroid dienone is 4. The second kappa shape index (κ2) is 38.3. The van der Waals surface area contributed by atoms with Gasteiger partial charge in [0.1, 0.15) is 36.6 Å². The molecule has 11 nitrogen and oxygen atoms in total. The number of hydrogen-bond acceptors (Lipinski definition) is 10. The van der Waals surface area contributed by atoms with Gasteiger partial charge in [-0.05, 0) is 64.2 Å². The number of aliphatic hydroxyl groups is 7. The number of unbranched alkanes of at least 4 members (excludes halogenated alkanes) is 24. The summed E-state index contributed by atoms with van der Waals surface area (Å²) in [5, 5.41) is 75.7. The number of carbonyl (C=O) groups is 1. The smallest absolute Gasteiger partial charge is 0.249 e. The number of ether oxygens (including phenoxy) is 2. The van der Waals surface area contributed by atoms with E-state index < -0.39 is 74.2 Å². The quantitative estimate of drug-likeness (QED) is 0.0221. The summed E-state index contributed by atoms with van der Waals surface area (Å²) in [5.74, 6) is -0.701. The molecule has 0 bridgehead atoms. The average molecular weight is 842 g/mol. The van der Waals surface area contributed by atoms with Crippen LogP contribution in [0.5, 0.6) is 0 Å². The van der Waals surface area contributed by atoms with Crippen molar-refractivity contribution in [1.82, 2.24) is 5.32 Å². The van der Waals surface area contributed by atoms with Crippen LogP contribution in [0.25, 0.3) is 0 Å². The Balaban J connectivity index is 2.43. The van der Waals surface area contributed by atoms with Crippen LogP contribution in [-0.2, 0) is 14.3 Å². The van der Waals surface area contributed by atoms with Crippen LogP contribution >= 0.6 is 0 Å². The van der Waals surface area contributed by atoms with Crippen molar-refractivity contribution in [2.75, 3.05) is 13.2 Å². The SMILES string of the molecule is CCCCCCC=CCCCCCCCCCCCCC(O)C(=O)NC(COC1OC(CO)C(O)C(O)C1O)C(O)C(O)CCCCCCCCC=CCCCCCC. The summed E-state index contributed by atoms with van der Waals surface area (Å²) in [6, 6.07) is -1.17. The molecule has 0 radical (unpaired) electrons. The standard InChI is InChI=1S/C48H91NO10/c1-3-5-7-9-11-13-15-17-19-20-21-22-24-26-28-30-32-34-36-41(52)47(57)49-39(38-58-48-46(56)45(55)44(54)42(37-50)59-48)43(53)40(51)35-33-31-29-27-25-23-18-16-14-12-10-8-6-4-2/h13-16,39-46,48,50-56H,3-12,17-38H2,1-2H3,(H,49,57). The van der Waals surface area contributed by atoms with Gasteiger partial charge in [0.05, 0.1) is 25.4 Å². The molecular formula is C48H91NO10. The first-order chi connectivity index (χ1) is 28.7. The van der Waals surface area contributed by atoms with Crippen molar-refractivity contribution in [3.63, 3.8) is 0 Å². The fourth-order valence-electron chi connectivity index (χ4n) is 7.66. The fraction of sp³-hybridized carbons (Fsp3) is 0.896. The molecule has 0 spiro atoms. The van der Waals surface area contributed by atoms with E-state index in [2.05, 4.69) is 43.5 Å². The highest BCUT2D eigenvalue weighted by molar-refractivity contribution is 5.80. The number of aliphatic hydroxyl groups excluding tert-OH is 7. The van der Waals surface area contributed by atoms with Crippen LogP contribution < -0.4 is 5.32 Å². The maximum absolute atomic E-state index is 13.1. The summed E-state index contributed by atoms with van der Waals surface area (Å²) in [6.07, 6.45) is 30.7. The number of hydrogen-bond donors (Lipinski definition) is 8. The van der Waals surface area contributed by atoms with Crippen LogP contribution in [0, 0.1) is 0 Å². The third-order valence-electron chi connectivity index (χ3n) is 11.7. The van der Waals surface area contributed by atoms with Crippen LogP contribution in [0.15, 0.2) is 24.3 Å². The molecule has 8 N–H and O–H groups in total. The van der Waals surface area contributed by atoms with E-state index in [4.69, 9.17) is 9.47 Å². The Kier molecular flexibility index (Phi) is 36.1. The highest BCUT2D eigenvalue weighted by Crippen LogP contribution is 2.23. The van der Waals surface area contributed by atoms with E-state index in [1.807, 2.05) is 0 Å². The number of carbonyl (C=O) groups excluding carboxylic acids is 1. The topological polar surface area (TPSA) is 189 Å². The van der Waals surface area contributed by atoms with Crippen molar-refractivity contribution < 1.29 is 50.0 Å². The zero-order valence-electron chi connectivity index (χ0n) is 37.5. The molecule has 1 heterocycles. The Morgan fingerprint density at radius 1 is 0.576 bits per heavy atom. The highest BCUT2D eigenvalue weighted by atomic mass is 16.7. The van der Waals surface area contributed by atoms with Gasteiger partial charge in [-0.2, -0.15) is 0 Å². The van der Waals surface area contributed by atoms with E-state index in [1.165, 1.54) is 103 Å². The molecule has 1 rings (SSSR count). The minimum absolute atomic E-state index is 0.257. The summed E-state index contributed by atoms with van der Waals surface area (Å²) >= 11 is 0. The summed E-state index contributed by atoms with van der Waals surface area (Å²) < 4.78 is 11.1. The lowest BCUT2D eigenvalue weighted by molar-refractivity contribution is -0.303. The monoisotopic (exact) mass is 842 g/mol. The Labute approximate surface area is 359 Å². The van der Waals surface area contributed by atoms with Crippen LogP contribution in [0.1, 0.15) is 206 Å². The van der Waals surface area contributed by atoms with E-state index in [1.54, 1.807) is 0 Å². The molecule has 0 aromatic carbocycles. The predicted molar refractivity (Wildman–Crippen MR) is 238 cm³/mol. The molecule has 0 aromatic heterocycles. The zero-order chi connectivity index (χ0) is 43.4. The van der Waals surface area contributed by atoms with E-state index in [-0.39, 0.29) is 6.42 Å². The molecule has 0 saturated carbocycles. The zero-order valence-corrected chi connectivity index (χ0v) is 37.5. The normalized spacial score (nSPS) is 21.9. The maximum Gasteiger partial charge on any atom is 0.249 e. The first kappa shape index (κ1) is 55.6. The third-order valence-corrected chi connectivity index (χ3v) is 11.7. The summed E-state index contributed by atoms with van der Waals surface area (Å²) in [5.41, 5.74) is 0. The average Bonchev–Trinajstić information content (AvgIpc) is 3.23. The molecule has 1 fully saturated rings. The van der Waals surface area contributed by atoms with E-state index in [0.717, 1.165) is 64.2 Å². The lowest BCUT2D eigenvalue weighted by Gasteiger charge is -2.40. The van der Waals surface area contributed by atoms with Crippen LogP contribution in [0.3, 0.4) is 0 Å². The molecule has 0 aromatic rings. The van der Waals surface area contributed by atoms with Crippen molar-refractivity contribution in [2.45, 2.75) is 262 Å². The van der Waals surface area contributed by atoms with E-state index in [0.29, 0.717) is 19.3 Å². The van der Waals surface area contributed by atoms with Gasteiger partial charge in [0.25, 0.3) is 0 Å². The lowest BCUT2D eigenvalue weighted by Crippen LogP contribution is -2.60. The van der Waals surface area contributed by atoms with Gasteiger partial charge in [-0.3, -0.25) is 4.79 Å². The van der Waals surface area contributed by atoms with Gasteiger partial charge >= 0.3 is 0 Å². The Morgan fingerprint density at radius 2 is 0.983 bits per heavy atom. The summed E-state index contributed by atoms with van der Waals surface area (Å²) in [7, 11) is 0. The molecule has 0 aliphatic carbocycles. The van der Waals surface area contributed by atoms with Crippen molar-refractivity contribution in [2.24, 2.45) is 0 Å². The van der Waals surface area contributed by atoms with Gasteiger partial charge in [0, 0.05) is 0 Å². The molecule has 9 atom stereocenters. The summed E-state index contributed by atoms with van der Waals surface area (Å²) in [4.78, 5) is 13.1. The summed E-state index contributed by atoms with van der Waals surface area (Å²) in [6.45, 7) is 3.41. The van der Waals surface area contributed by atoms with Gasteiger partial charge in [-0.15, -0.1) is 0 Å². The minimum Gasteiger partial charge on any atom is -0.394 e. The van der Waals surface area contributed by atoms with Crippen molar-refractivity contribution in [3.8, 4) is 0 Å². The Bertz CT molecular complexity index is 1010. The van der Waals surface area contributed by atoms with Gasteiger partial charge in [0.15, 0.2) is 6.29 Å². The third kappa shape index (κ3) is 28.0. The predicted octanol–water partition coefficient (Wildman–Crippen LogP) is 8.23. The van der Waals surface area contributed by atoms with Gasteiger partial charge < -0.3 is 50.5 Å². The second-order valence-corrected chi connectivity index (χ2v) is 17.2. The molecule has 1 aliphatic heterocycles. The second-order valence-electron chi connectivity index (χ2n) is 17.2. The van der Waals surface area contributed by atoms with Gasteiger partial charge in [-0.25, -0.2) is 0 Å². The molecule has 1 aliphatic rings. The molecule has 9 unspecified atom stereocenters. The van der Waals surface area contributed by atoms with Crippen LogP contribution in [0.4, 0.5) is 0 Å². The van der Waals surface area contributed by atoms with Crippen molar-refractivity contribution >= 4 is 5.91 Å². The molecule has 348 valence electrons. The van der Waals surface area contributed by atoms with Crippen LogP contribution in [-0.4, -0.2) is 110 Å². The number of nitrogens with one attached hydrogen (secondary N) is 1. The Morgan fingerprint density at radius 3 is 1.42 bits per heavy atom. The first-order valence-electron chi connectivity index (χ1n) is 24.2. The van der Waals surface area contributed by atoms with E-state index in [9.17, 15) is 40.5 Å². The maximum atomic E-state index is 13.1. The molecule has 11 heteroatoms. The van der Waals surface area contributed by atoms with Gasteiger partial charge in [-0.1, -0.05) is 167 Å². The van der Waals surface area contributed by atoms with Gasteiger partial charge in [0.2, 0.25) is 5.91 Å². The van der Waals surface area contributed by atoms with E-state index >= 15 is 0 Å². The van der Waals surface area contributed by atoms with Crippen molar-refractivity contribution in [1.29, 1.82) is 0 Å². The molecule has 1 saturated heterocycles. The fourth-order valence-corrected chi connectivity index (χ4v) is 7.66. The number of rotatable bonds is 40. The Hall–Kier alpha value is -1.41. The first-order valence-corrected chi connectivity index (χ1v) is 24.2.